The summed E-state index contributed by atoms with van der Waals surface area (Å²) < 4.78 is 5.31. The molecule has 0 saturated carbocycles. The molecule has 0 aromatic carbocycles. The number of aromatic nitrogens is 5. The molecule has 0 bridgehead atoms. The predicted molar refractivity (Wildman–Crippen MR) is 87.7 cm³/mol. The van der Waals surface area contributed by atoms with Crippen molar-refractivity contribution in [3.8, 4) is 5.88 Å². The minimum Gasteiger partial charge on any atom is -0.480 e. The van der Waals surface area contributed by atoms with E-state index in [0.29, 0.717) is 11.8 Å². The van der Waals surface area contributed by atoms with Crippen LogP contribution in [0, 0.1) is 12.3 Å². The van der Waals surface area contributed by atoms with Crippen LogP contribution in [0.25, 0.3) is 0 Å². The second-order valence-electron chi connectivity index (χ2n) is 7.05. The Morgan fingerprint density at radius 1 is 1.29 bits per heavy atom. The standard InChI is InChI=1S/C16H23N7O/c1-11-19-14(21-20-11)12-6-22(2)8-16(12)9-23(10-16)7-13-15(24-3)18-5-4-17-13/h4-5,12H,6-10H2,1-3H3,(H,19,20,21). The SMILES string of the molecule is COc1nccnc1CN1CC2(CN(C)CC2c2n[nH]c(C)n2)C1. The summed E-state index contributed by atoms with van der Waals surface area (Å²) >= 11 is 0. The largest absolute Gasteiger partial charge is 0.480 e. The average Bonchev–Trinajstić information content (AvgIpc) is 3.11. The molecule has 2 aliphatic heterocycles. The number of rotatable bonds is 4. The van der Waals surface area contributed by atoms with Gasteiger partial charge in [-0.15, -0.1) is 0 Å². The Kier molecular flexibility index (Phi) is 3.73. The molecular formula is C16H23N7O. The Balaban J connectivity index is 1.48. The number of methoxy groups -OCH3 is 1. The zero-order chi connectivity index (χ0) is 16.7. The third-order valence-corrected chi connectivity index (χ3v) is 5.12. The number of nitrogens with one attached hydrogen (secondary N) is 1. The zero-order valence-electron chi connectivity index (χ0n) is 14.4. The molecule has 1 spiro atoms. The number of ether oxygens (including phenoxy) is 1. The molecule has 1 unspecified atom stereocenters. The van der Waals surface area contributed by atoms with Crippen LogP contribution in [0.1, 0.15) is 23.3 Å². The summed E-state index contributed by atoms with van der Waals surface area (Å²) in [5.74, 6) is 2.83. The fourth-order valence-corrected chi connectivity index (χ4v) is 4.21. The van der Waals surface area contributed by atoms with Crippen LogP contribution in [-0.4, -0.2) is 75.3 Å². The van der Waals surface area contributed by atoms with Crippen molar-refractivity contribution in [2.45, 2.75) is 19.4 Å². The molecule has 8 heteroatoms. The van der Waals surface area contributed by atoms with Gasteiger partial charge in [0.1, 0.15) is 11.5 Å². The molecule has 2 aromatic heterocycles. The summed E-state index contributed by atoms with van der Waals surface area (Å²) in [4.78, 5) is 18.0. The van der Waals surface area contributed by atoms with Gasteiger partial charge in [-0.25, -0.2) is 9.97 Å². The van der Waals surface area contributed by atoms with Crippen LogP contribution in [-0.2, 0) is 6.54 Å². The first-order chi connectivity index (χ1) is 11.6. The number of likely N-dealkylation sites (N-methyl/N-ethyl adjacent to an activating group) is 1. The predicted octanol–water partition coefficient (Wildman–Crippen LogP) is 0.443. The third-order valence-electron chi connectivity index (χ3n) is 5.12. The Labute approximate surface area is 141 Å². The summed E-state index contributed by atoms with van der Waals surface area (Å²) in [5.41, 5.74) is 1.13. The molecule has 0 amide bonds. The van der Waals surface area contributed by atoms with Crippen LogP contribution in [0.5, 0.6) is 5.88 Å². The molecule has 24 heavy (non-hydrogen) atoms. The van der Waals surface area contributed by atoms with E-state index in [9.17, 15) is 0 Å². The van der Waals surface area contributed by atoms with Crippen LogP contribution >= 0.6 is 0 Å². The van der Waals surface area contributed by atoms with E-state index >= 15 is 0 Å². The molecule has 0 aliphatic carbocycles. The van der Waals surface area contributed by atoms with Crippen LogP contribution in [0.2, 0.25) is 0 Å². The fraction of sp³-hybridized carbons (Fsp3) is 0.625. The van der Waals surface area contributed by atoms with Crippen LogP contribution in [0.4, 0.5) is 0 Å². The monoisotopic (exact) mass is 329 g/mol. The van der Waals surface area contributed by atoms with Crippen molar-refractivity contribution >= 4 is 0 Å². The maximum absolute atomic E-state index is 5.31. The summed E-state index contributed by atoms with van der Waals surface area (Å²) in [6, 6.07) is 0. The van der Waals surface area contributed by atoms with Crippen LogP contribution < -0.4 is 4.74 Å². The number of nitrogens with zero attached hydrogens (tertiary/aromatic N) is 6. The molecule has 1 N–H and O–H groups in total. The number of likely N-dealkylation sites (tertiary alicyclic amines) is 2. The number of aromatic amines is 1. The second-order valence-corrected chi connectivity index (χ2v) is 7.05. The van der Waals surface area contributed by atoms with Gasteiger partial charge in [-0.3, -0.25) is 15.0 Å². The quantitative estimate of drug-likeness (QED) is 0.871. The van der Waals surface area contributed by atoms with Crippen LogP contribution in [0.3, 0.4) is 0 Å². The van der Waals surface area contributed by atoms with E-state index in [-0.39, 0.29) is 5.41 Å². The molecule has 4 heterocycles. The van der Waals surface area contributed by atoms with Gasteiger partial charge in [0.25, 0.3) is 0 Å². The summed E-state index contributed by atoms with van der Waals surface area (Å²) in [7, 11) is 3.81. The molecule has 1 atom stereocenters. The van der Waals surface area contributed by atoms with Gasteiger partial charge in [-0.2, -0.15) is 5.10 Å². The first-order valence-electron chi connectivity index (χ1n) is 8.23. The van der Waals surface area contributed by atoms with E-state index < -0.39 is 0 Å². The van der Waals surface area contributed by atoms with Gasteiger partial charge in [-0.1, -0.05) is 0 Å². The Morgan fingerprint density at radius 2 is 2.08 bits per heavy atom. The van der Waals surface area contributed by atoms with Gasteiger partial charge in [0, 0.05) is 56.5 Å². The van der Waals surface area contributed by atoms with E-state index in [1.807, 2.05) is 6.92 Å². The number of hydrogen-bond donors (Lipinski definition) is 1. The first kappa shape index (κ1) is 15.5. The minimum atomic E-state index is 0.235. The molecule has 8 nitrogen and oxygen atoms in total. The van der Waals surface area contributed by atoms with E-state index in [0.717, 1.165) is 50.1 Å². The second kappa shape index (κ2) is 5.78. The Morgan fingerprint density at radius 3 is 2.79 bits per heavy atom. The normalized spacial score (nSPS) is 23.5. The van der Waals surface area contributed by atoms with Crippen molar-refractivity contribution in [2.24, 2.45) is 5.41 Å². The fourth-order valence-electron chi connectivity index (χ4n) is 4.21. The molecule has 0 radical (unpaired) electrons. The highest BCUT2D eigenvalue weighted by Gasteiger charge is 2.55. The lowest BCUT2D eigenvalue weighted by Crippen LogP contribution is -2.59. The van der Waals surface area contributed by atoms with Gasteiger partial charge in [0.2, 0.25) is 5.88 Å². The van der Waals surface area contributed by atoms with Crippen molar-refractivity contribution in [1.82, 2.24) is 34.9 Å². The molecule has 2 saturated heterocycles. The van der Waals surface area contributed by atoms with E-state index in [1.165, 1.54) is 0 Å². The maximum atomic E-state index is 5.31. The maximum Gasteiger partial charge on any atom is 0.236 e. The third kappa shape index (κ3) is 2.55. The summed E-state index contributed by atoms with van der Waals surface area (Å²) in [5, 5.41) is 7.41. The van der Waals surface area contributed by atoms with Crippen molar-refractivity contribution < 1.29 is 4.74 Å². The van der Waals surface area contributed by atoms with Crippen LogP contribution in [0.15, 0.2) is 12.4 Å². The van der Waals surface area contributed by atoms with Crippen molar-refractivity contribution in [3.05, 3.63) is 29.7 Å². The van der Waals surface area contributed by atoms with E-state index in [1.54, 1.807) is 19.5 Å². The minimum absolute atomic E-state index is 0.235. The van der Waals surface area contributed by atoms with Crippen molar-refractivity contribution in [2.75, 3.05) is 40.3 Å². The highest BCUT2D eigenvalue weighted by Crippen LogP contribution is 2.48. The van der Waals surface area contributed by atoms with Crippen molar-refractivity contribution in [1.29, 1.82) is 0 Å². The van der Waals surface area contributed by atoms with Gasteiger partial charge >= 0.3 is 0 Å². The zero-order valence-corrected chi connectivity index (χ0v) is 14.4. The highest BCUT2D eigenvalue weighted by molar-refractivity contribution is 5.21. The highest BCUT2D eigenvalue weighted by atomic mass is 16.5. The summed E-state index contributed by atoms with van der Waals surface area (Å²) in [6.07, 6.45) is 3.38. The smallest absolute Gasteiger partial charge is 0.236 e. The van der Waals surface area contributed by atoms with Gasteiger partial charge in [-0.05, 0) is 14.0 Å². The Hall–Kier alpha value is -2.06. The van der Waals surface area contributed by atoms with Crippen molar-refractivity contribution in [3.63, 3.8) is 0 Å². The molecule has 128 valence electrons. The molecule has 4 rings (SSSR count). The average molecular weight is 329 g/mol. The number of hydrogen-bond acceptors (Lipinski definition) is 7. The Bertz CT molecular complexity index is 725. The van der Waals surface area contributed by atoms with E-state index in [4.69, 9.17) is 4.74 Å². The lowest BCUT2D eigenvalue weighted by Gasteiger charge is -2.50. The summed E-state index contributed by atoms with van der Waals surface area (Å²) in [6.45, 7) is 6.86. The lowest BCUT2D eigenvalue weighted by atomic mass is 9.71. The molecular weight excluding hydrogens is 306 g/mol. The molecule has 2 fully saturated rings. The van der Waals surface area contributed by atoms with Gasteiger partial charge in [0.15, 0.2) is 5.82 Å². The molecule has 2 aromatic rings. The number of H-pyrrole nitrogens is 1. The topological polar surface area (TPSA) is 83.1 Å². The van der Waals surface area contributed by atoms with Gasteiger partial charge in [0.05, 0.1) is 7.11 Å². The number of aryl methyl sites for hydroxylation is 1. The van der Waals surface area contributed by atoms with E-state index in [2.05, 4.69) is 42.0 Å². The first-order valence-corrected chi connectivity index (χ1v) is 8.23. The van der Waals surface area contributed by atoms with Gasteiger partial charge < -0.3 is 9.64 Å². The lowest BCUT2D eigenvalue weighted by molar-refractivity contribution is -0.0108. The molecule has 2 aliphatic rings.